The number of fused-ring (bicyclic) bond motifs is 3. The lowest BCUT2D eigenvalue weighted by Crippen LogP contribution is -2.69. The third-order valence-corrected chi connectivity index (χ3v) is 7.48. The number of nitrogens with zero attached hydrogens (tertiary/aromatic N) is 1. The van der Waals surface area contributed by atoms with Gasteiger partial charge in [-0.25, -0.2) is 4.79 Å². The summed E-state index contributed by atoms with van der Waals surface area (Å²) < 4.78 is 11.3. The van der Waals surface area contributed by atoms with Gasteiger partial charge in [0.25, 0.3) is 5.91 Å². The zero-order chi connectivity index (χ0) is 21.1. The lowest BCUT2D eigenvalue weighted by Gasteiger charge is -2.60. The molecule has 3 fully saturated rings. The van der Waals surface area contributed by atoms with Gasteiger partial charge in [0.15, 0.2) is 5.72 Å². The molecule has 158 valence electrons. The number of carbonyl (C=O) groups is 3. The third-order valence-electron chi connectivity index (χ3n) is 7.48. The Morgan fingerprint density at radius 2 is 2.10 bits per heavy atom. The molecule has 0 radical (unpaired) electrons. The SMILES string of the molecule is COC(=O)[C@H]1C=CCN1C(=O)[C@H]1C[C@@H]2CC[C@]1(C)C[C@@]21NC(=O)c2ccccc2O1. The van der Waals surface area contributed by atoms with Crippen LogP contribution in [-0.4, -0.2) is 48.1 Å². The predicted octanol–water partition coefficient (Wildman–Crippen LogP) is 2.27. The molecule has 2 amide bonds. The zero-order valence-electron chi connectivity index (χ0n) is 17.2. The van der Waals surface area contributed by atoms with Crippen LogP contribution in [0.4, 0.5) is 0 Å². The molecular formula is C23H26N2O5. The summed E-state index contributed by atoms with van der Waals surface area (Å²) in [6.07, 6.45) is 6.55. The maximum absolute atomic E-state index is 13.5. The Labute approximate surface area is 175 Å². The molecule has 1 aromatic carbocycles. The van der Waals surface area contributed by atoms with Crippen LogP contribution < -0.4 is 10.1 Å². The number of para-hydroxylation sites is 1. The van der Waals surface area contributed by atoms with Crippen LogP contribution in [0, 0.1) is 17.3 Å². The van der Waals surface area contributed by atoms with Gasteiger partial charge < -0.3 is 19.7 Å². The molecule has 1 N–H and O–H groups in total. The van der Waals surface area contributed by atoms with Crippen LogP contribution in [0.5, 0.6) is 5.75 Å². The first-order chi connectivity index (χ1) is 14.4. The number of benzene rings is 1. The van der Waals surface area contributed by atoms with Crippen molar-refractivity contribution in [2.75, 3.05) is 13.7 Å². The quantitative estimate of drug-likeness (QED) is 0.597. The lowest BCUT2D eigenvalue weighted by atomic mass is 9.52. The summed E-state index contributed by atoms with van der Waals surface area (Å²) in [5, 5.41) is 3.14. The van der Waals surface area contributed by atoms with Gasteiger partial charge in [0.1, 0.15) is 11.8 Å². The Morgan fingerprint density at radius 3 is 2.87 bits per heavy atom. The van der Waals surface area contributed by atoms with Crippen molar-refractivity contribution in [2.45, 2.75) is 44.4 Å². The zero-order valence-corrected chi connectivity index (χ0v) is 17.2. The van der Waals surface area contributed by atoms with E-state index in [0.29, 0.717) is 30.7 Å². The largest absolute Gasteiger partial charge is 0.467 e. The Hall–Kier alpha value is -2.83. The van der Waals surface area contributed by atoms with Gasteiger partial charge in [-0.3, -0.25) is 9.59 Å². The summed E-state index contributed by atoms with van der Waals surface area (Å²) >= 11 is 0. The Kier molecular flexibility index (Phi) is 4.21. The molecule has 0 saturated heterocycles. The van der Waals surface area contributed by atoms with Gasteiger partial charge in [0, 0.05) is 24.8 Å². The lowest BCUT2D eigenvalue weighted by molar-refractivity contribution is -0.176. The monoisotopic (exact) mass is 410 g/mol. The van der Waals surface area contributed by atoms with Crippen molar-refractivity contribution >= 4 is 17.8 Å². The van der Waals surface area contributed by atoms with E-state index in [1.165, 1.54) is 7.11 Å². The minimum Gasteiger partial charge on any atom is -0.467 e. The standard InChI is InChI=1S/C23H26N2O5/c1-22-10-9-14(12-16(22)20(27)25-11-5-7-17(25)21(28)29-2)23(13-22)24-19(26)15-6-3-4-8-18(15)30-23/h3-8,14,16-17H,9-13H2,1-2H3,(H,24,26)/t14-,16+,17+,22+,23-/m0/s1. The number of amides is 2. The highest BCUT2D eigenvalue weighted by Crippen LogP contribution is 2.59. The van der Waals surface area contributed by atoms with E-state index in [2.05, 4.69) is 12.2 Å². The summed E-state index contributed by atoms with van der Waals surface area (Å²) in [5.74, 6) is -0.122. The Balaban J connectivity index is 1.41. The molecule has 7 nitrogen and oxygen atoms in total. The first-order valence-corrected chi connectivity index (χ1v) is 10.5. The first-order valence-electron chi connectivity index (χ1n) is 10.5. The molecule has 2 aliphatic heterocycles. The van der Waals surface area contributed by atoms with Gasteiger partial charge in [-0.15, -0.1) is 0 Å². The van der Waals surface area contributed by atoms with Gasteiger partial charge in [0.05, 0.1) is 12.7 Å². The topological polar surface area (TPSA) is 84.9 Å². The molecule has 5 atom stereocenters. The summed E-state index contributed by atoms with van der Waals surface area (Å²) in [6, 6.07) is 6.64. The number of hydrogen-bond donors (Lipinski definition) is 1. The van der Waals surface area contributed by atoms with Gasteiger partial charge in [-0.1, -0.05) is 31.2 Å². The number of esters is 1. The van der Waals surface area contributed by atoms with E-state index in [-0.39, 0.29) is 29.1 Å². The van der Waals surface area contributed by atoms with Crippen molar-refractivity contribution < 1.29 is 23.9 Å². The van der Waals surface area contributed by atoms with Crippen LogP contribution in [0.1, 0.15) is 43.0 Å². The summed E-state index contributed by atoms with van der Waals surface area (Å²) in [7, 11) is 1.34. The molecule has 6 rings (SSSR count). The third kappa shape index (κ3) is 2.67. The van der Waals surface area contributed by atoms with E-state index in [9.17, 15) is 14.4 Å². The number of rotatable bonds is 2. The summed E-state index contributed by atoms with van der Waals surface area (Å²) in [4.78, 5) is 40.0. The molecule has 3 saturated carbocycles. The molecule has 0 unspecified atom stereocenters. The molecule has 0 aromatic heterocycles. The van der Waals surface area contributed by atoms with Crippen molar-refractivity contribution in [3.8, 4) is 5.75 Å². The van der Waals surface area contributed by atoms with Crippen LogP contribution in [-0.2, 0) is 14.3 Å². The van der Waals surface area contributed by atoms with E-state index in [0.717, 1.165) is 12.8 Å². The fraction of sp³-hybridized carbons (Fsp3) is 0.522. The highest BCUT2D eigenvalue weighted by Gasteiger charge is 2.62. The van der Waals surface area contributed by atoms with Crippen molar-refractivity contribution in [1.82, 2.24) is 10.2 Å². The fourth-order valence-corrected chi connectivity index (χ4v) is 5.91. The number of carbonyl (C=O) groups excluding carboxylic acids is 3. The molecule has 7 heteroatoms. The van der Waals surface area contributed by atoms with Crippen molar-refractivity contribution in [3.05, 3.63) is 42.0 Å². The highest BCUT2D eigenvalue weighted by molar-refractivity contribution is 5.98. The number of ether oxygens (including phenoxy) is 2. The van der Waals surface area contributed by atoms with E-state index in [1.54, 1.807) is 17.0 Å². The maximum atomic E-state index is 13.5. The normalized spacial score (nSPS) is 36.3. The van der Waals surface area contributed by atoms with Crippen molar-refractivity contribution in [2.24, 2.45) is 17.3 Å². The second-order valence-corrected chi connectivity index (χ2v) is 9.18. The molecule has 1 spiro atoms. The summed E-state index contributed by atoms with van der Waals surface area (Å²) in [6.45, 7) is 2.53. The highest BCUT2D eigenvalue weighted by atomic mass is 16.5. The first kappa shape index (κ1) is 19.2. The van der Waals surface area contributed by atoms with Gasteiger partial charge in [-0.05, 0) is 36.8 Å². The minimum absolute atomic E-state index is 0.0139. The van der Waals surface area contributed by atoms with Crippen molar-refractivity contribution in [1.29, 1.82) is 0 Å². The number of hydrogen-bond acceptors (Lipinski definition) is 5. The van der Waals surface area contributed by atoms with Crippen LogP contribution in [0.25, 0.3) is 0 Å². The molecule has 30 heavy (non-hydrogen) atoms. The molecule has 2 heterocycles. The maximum Gasteiger partial charge on any atom is 0.332 e. The minimum atomic E-state index is -0.778. The van der Waals surface area contributed by atoms with E-state index in [1.807, 2.05) is 24.3 Å². The number of nitrogens with one attached hydrogen (secondary N) is 1. The Morgan fingerprint density at radius 1 is 1.30 bits per heavy atom. The fourth-order valence-electron chi connectivity index (χ4n) is 5.91. The van der Waals surface area contributed by atoms with Crippen LogP contribution in [0.15, 0.2) is 36.4 Å². The Bertz CT molecular complexity index is 959. The van der Waals surface area contributed by atoms with Crippen molar-refractivity contribution in [3.63, 3.8) is 0 Å². The predicted molar refractivity (Wildman–Crippen MR) is 107 cm³/mol. The molecular weight excluding hydrogens is 384 g/mol. The van der Waals surface area contributed by atoms with Gasteiger partial charge in [-0.2, -0.15) is 0 Å². The second kappa shape index (κ2) is 6.59. The molecule has 2 bridgehead atoms. The summed E-state index contributed by atoms with van der Waals surface area (Å²) in [5.41, 5.74) is -0.555. The second-order valence-electron chi connectivity index (χ2n) is 9.18. The average molecular weight is 410 g/mol. The van der Waals surface area contributed by atoms with Crippen LogP contribution >= 0.6 is 0 Å². The van der Waals surface area contributed by atoms with E-state index >= 15 is 0 Å². The molecule has 5 aliphatic rings. The van der Waals surface area contributed by atoms with Gasteiger partial charge in [0.2, 0.25) is 5.91 Å². The number of methoxy groups -OCH3 is 1. The molecule has 3 aliphatic carbocycles. The van der Waals surface area contributed by atoms with Gasteiger partial charge >= 0.3 is 5.97 Å². The van der Waals surface area contributed by atoms with E-state index < -0.39 is 17.7 Å². The van der Waals surface area contributed by atoms with Crippen LogP contribution in [0.2, 0.25) is 0 Å². The molecule has 1 aromatic rings. The van der Waals surface area contributed by atoms with Crippen LogP contribution in [0.3, 0.4) is 0 Å². The van der Waals surface area contributed by atoms with E-state index in [4.69, 9.17) is 9.47 Å². The smallest absolute Gasteiger partial charge is 0.332 e. The average Bonchev–Trinajstić information content (AvgIpc) is 3.22.